The molecule has 1 aliphatic carbocycles. The Hall–Kier alpha value is -3.55. The molecule has 1 aliphatic rings. The summed E-state index contributed by atoms with van der Waals surface area (Å²) in [4.78, 5) is 38.2. The highest BCUT2D eigenvalue weighted by molar-refractivity contribution is 5.98. The molecule has 0 saturated heterocycles. The van der Waals surface area contributed by atoms with Crippen molar-refractivity contribution in [2.75, 3.05) is 12.4 Å². The van der Waals surface area contributed by atoms with Crippen LogP contribution in [0.3, 0.4) is 0 Å². The number of carbonyl (C=O) groups is 3. The van der Waals surface area contributed by atoms with Crippen LogP contribution >= 0.6 is 0 Å². The number of aromatic hydroxyl groups is 1. The second-order valence-electron chi connectivity index (χ2n) is 9.82. The van der Waals surface area contributed by atoms with E-state index in [2.05, 4.69) is 10.6 Å². The molecule has 8 nitrogen and oxygen atoms in total. The van der Waals surface area contributed by atoms with Gasteiger partial charge in [-0.05, 0) is 75.6 Å². The van der Waals surface area contributed by atoms with Gasteiger partial charge in [-0.3, -0.25) is 9.59 Å². The first-order chi connectivity index (χ1) is 16.6. The Labute approximate surface area is 206 Å². The SMILES string of the molecule is COc1cc(CC(NC(=O)c2ccc(NC(=O)C3CCCC3)cc2)C(=O)OC(C)(C)C)ccc1O. The number of benzene rings is 2. The Bertz CT molecular complexity index is 1050. The summed E-state index contributed by atoms with van der Waals surface area (Å²) < 4.78 is 10.7. The number of nitrogens with one attached hydrogen (secondary N) is 2. The molecule has 2 amide bonds. The monoisotopic (exact) mass is 482 g/mol. The normalized spacial score (nSPS) is 14.7. The number of esters is 1. The fourth-order valence-corrected chi connectivity index (χ4v) is 4.03. The van der Waals surface area contributed by atoms with Crippen molar-refractivity contribution in [3.8, 4) is 11.5 Å². The van der Waals surface area contributed by atoms with Crippen molar-refractivity contribution in [3.63, 3.8) is 0 Å². The number of phenols is 1. The van der Waals surface area contributed by atoms with Crippen molar-refractivity contribution in [1.29, 1.82) is 0 Å². The number of methoxy groups -OCH3 is 1. The highest BCUT2D eigenvalue weighted by Gasteiger charge is 2.28. The van der Waals surface area contributed by atoms with E-state index in [0.717, 1.165) is 25.7 Å². The molecule has 0 aromatic heterocycles. The molecular weight excluding hydrogens is 448 g/mol. The number of anilines is 1. The zero-order valence-electron chi connectivity index (χ0n) is 20.7. The number of carbonyl (C=O) groups excluding carboxylic acids is 3. The molecule has 188 valence electrons. The summed E-state index contributed by atoms with van der Waals surface area (Å²) in [5.41, 5.74) is 0.922. The van der Waals surface area contributed by atoms with Crippen LogP contribution in [0.25, 0.3) is 0 Å². The predicted molar refractivity (Wildman–Crippen MR) is 132 cm³/mol. The van der Waals surface area contributed by atoms with Gasteiger partial charge in [0.1, 0.15) is 11.6 Å². The Morgan fingerprint density at radius 1 is 1.06 bits per heavy atom. The fraction of sp³-hybridized carbons (Fsp3) is 0.444. The Kier molecular flexibility index (Phi) is 8.38. The number of ether oxygens (including phenoxy) is 2. The van der Waals surface area contributed by atoms with Gasteiger partial charge >= 0.3 is 5.97 Å². The van der Waals surface area contributed by atoms with E-state index in [9.17, 15) is 19.5 Å². The van der Waals surface area contributed by atoms with Gasteiger partial charge in [-0.15, -0.1) is 0 Å². The minimum atomic E-state index is -0.960. The van der Waals surface area contributed by atoms with Gasteiger partial charge in [0.25, 0.3) is 5.91 Å². The highest BCUT2D eigenvalue weighted by Crippen LogP contribution is 2.28. The molecule has 0 spiro atoms. The van der Waals surface area contributed by atoms with Crippen LogP contribution in [0.5, 0.6) is 11.5 Å². The molecular formula is C27H34N2O6. The van der Waals surface area contributed by atoms with Crippen LogP contribution in [0, 0.1) is 5.92 Å². The molecule has 0 bridgehead atoms. The van der Waals surface area contributed by atoms with Gasteiger partial charge < -0.3 is 25.2 Å². The van der Waals surface area contributed by atoms with Crippen LogP contribution in [-0.2, 0) is 20.7 Å². The molecule has 1 fully saturated rings. The molecule has 2 aromatic rings. The summed E-state index contributed by atoms with van der Waals surface area (Å²) >= 11 is 0. The summed E-state index contributed by atoms with van der Waals surface area (Å²) in [6.07, 6.45) is 4.11. The quantitative estimate of drug-likeness (QED) is 0.486. The first kappa shape index (κ1) is 26.1. The van der Waals surface area contributed by atoms with E-state index in [1.807, 2.05) is 0 Å². The third-order valence-electron chi connectivity index (χ3n) is 5.82. The van der Waals surface area contributed by atoms with Crippen molar-refractivity contribution in [2.24, 2.45) is 5.92 Å². The second kappa shape index (κ2) is 11.3. The molecule has 3 N–H and O–H groups in total. The van der Waals surface area contributed by atoms with Crippen molar-refractivity contribution >= 4 is 23.5 Å². The number of hydrogen-bond acceptors (Lipinski definition) is 6. The average Bonchev–Trinajstić information content (AvgIpc) is 3.34. The standard InChI is InChI=1S/C27H34N2O6/c1-27(2,3)35-26(33)21(15-17-9-14-22(30)23(16-17)34-4)29-25(32)19-10-12-20(13-11-19)28-24(31)18-7-5-6-8-18/h9-14,16,18,21,30H,5-8,15H2,1-4H3,(H,28,31)(H,29,32). The molecule has 2 aromatic carbocycles. The lowest BCUT2D eigenvalue weighted by Gasteiger charge is -2.25. The van der Waals surface area contributed by atoms with E-state index in [1.165, 1.54) is 13.2 Å². The lowest BCUT2D eigenvalue weighted by Crippen LogP contribution is -2.45. The van der Waals surface area contributed by atoms with Gasteiger partial charge in [0.2, 0.25) is 5.91 Å². The number of phenolic OH excluding ortho intramolecular Hbond substituents is 1. The average molecular weight is 483 g/mol. The third-order valence-corrected chi connectivity index (χ3v) is 5.82. The van der Waals surface area contributed by atoms with E-state index in [0.29, 0.717) is 16.8 Å². The topological polar surface area (TPSA) is 114 Å². The molecule has 35 heavy (non-hydrogen) atoms. The summed E-state index contributed by atoms with van der Waals surface area (Å²) in [6, 6.07) is 10.3. The third kappa shape index (κ3) is 7.47. The van der Waals surface area contributed by atoms with Gasteiger partial charge in [0.05, 0.1) is 7.11 Å². The molecule has 0 radical (unpaired) electrons. The number of rotatable bonds is 8. The van der Waals surface area contributed by atoms with E-state index < -0.39 is 23.5 Å². The maximum absolute atomic E-state index is 13.0. The van der Waals surface area contributed by atoms with Gasteiger partial charge in [0.15, 0.2) is 11.5 Å². The molecule has 3 rings (SSSR count). The second-order valence-corrected chi connectivity index (χ2v) is 9.82. The summed E-state index contributed by atoms with van der Waals surface area (Å²) in [5, 5.41) is 15.5. The highest BCUT2D eigenvalue weighted by atomic mass is 16.6. The Balaban J connectivity index is 1.71. The van der Waals surface area contributed by atoms with Crippen molar-refractivity contribution < 1.29 is 29.0 Å². The van der Waals surface area contributed by atoms with Crippen LogP contribution < -0.4 is 15.4 Å². The van der Waals surface area contributed by atoms with Crippen molar-refractivity contribution in [3.05, 3.63) is 53.6 Å². The van der Waals surface area contributed by atoms with Gasteiger partial charge in [-0.2, -0.15) is 0 Å². The van der Waals surface area contributed by atoms with Gasteiger partial charge in [0, 0.05) is 23.6 Å². The van der Waals surface area contributed by atoms with Crippen LogP contribution in [0.15, 0.2) is 42.5 Å². The lowest BCUT2D eigenvalue weighted by atomic mass is 10.0. The summed E-state index contributed by atoms with van der Waals surface area (Å²) in [7, 11) is 1.44. The summed E-state index contributed by atoms with van der Waals surface area (Å²) in [5.74, 6) is -0.708. The van der Waals surface area contributed by atoms with Gasteiger partial charge in [-0.25, -0.2) is 4.79 Å². The first-order valence-corrected chi connectivity index (χ1v) is 11.9. The largest absolute Gasteiger partial charge is 0.504 e. The maximum atomic E-state index is 13.0. The van der Waals surface area contributed by atoms with Crippen molar-refractivity contribution in [1.82, 2.24) is 5.32 Å². The predicted octanol–water partition coefficient (Wildman–Crippen LogP) is 4.21. The molecule has 1 atom stereocenters. The molecule has 0 heterocycles. The molecule has 0 aliphatic heterocycles. The molecule has 1 saturated carbocycles. The van der Waals surface area contributed by atoms with Crippen LogP contribution in [0.1, 0.15) is 62.4 Å². The summed E-state index contributed by atoms with van der Waals surface area (Å²) in [6.45, 7) is 5.27. The van der Waals surface area contributed by atoms with Gasteiger partial charge in [-0.1, -0.05) is 18.9 Å². The lowest BCUT2D eigenvalue weighted by molar-refractivity contribution is -0.157. The van der Waals surface area contributed by atoms with Crippen LogP contribution in [0.2, 0.25) is 0 Å². The minimum Gasteiger partial charge on any atom is -0.504 e. The smallest absolute Gasteiger partial charge is 0.329 e. The number of amides is 2. The maximum Gasteiger partial charge on any atom is 0.329 e. The van der Waals surface area contributed by atoms with E-state index in [-0.39, 0.29) is 29.7 Å². The van der Waals surface area contributed by atoms with Crippen molar-refractivity contribution in [2.45, 2.75) is 64.5 Å². The molecule has 8 heteroatoms. The molecule has 1 unspecified atom stereocenters. The Morgan fingerprint density at radius 2 is 1.71 bits per heavy atom. The zero-order chi connectivity index (χ0) is 25.6. The first-order valence-electron chi connectivity index (χ1n) is 11.9. The minimum absolute atomic E-state index is 0.00835. The Morgan fingerprint density at radius 3 is 2.31 bits per heavy atom. The fourth-order valence-electron chi connectivity index (χ4n) is 4.03. The van der Waals surface area contributed by atoms with Crippen LogP contribution in [0.4, 0.5) is 5.69 Å². The number of hydrogen-bond donors (Lipinski definition) is 3. The van der Waals surface area contributed by atoms with Crippen LogP contribution in [-0.4, -0.2) is 41.6 Å². The van der Waals surface area contributed by atoms with E-state index in [1.54, 1.807) is 57.2 Å². The van der Waals surface area contributed by atoms with E-state index in [4.69, 9.17) is 9.47 Å². The zero-order valence-corrected chi connectivity index (χ0v) is 20.7. The van der Waals surface area contributed by atoms with E-state index >= 15 is 0 Å².